The van der Waals surface area contributed by atoms with E-state index in [1.165, 1.54) is 14.2 Å². The SMILES string of the molecule is COC(=O)C1(C(=O)OC)CCC[C@H]1CC(=O)c1cccc(C)c1. The zero-order valence-electron chi connectivity index (χ0n) is 13.8. The number of carbonyl (C=O) groups excluding carboxylic acids is 3. The van der Waals surface area contributed by atoms with Gasteiger partial charge in [-0.05, 0) is 31.7 Å². The third kappa shape index (κ3) is 3.14. The van der Waals surface area contributed by atoms with E-state index in [0.29, 0.717) is 24.8 Å². The number of aryl methyl sites for hydroxylation is 1. The summed E-state index contributed by atoms with van der Waals surface area (Å²) in [6.45, 7) is 1.92. The monoisotopic (exact) mass is 318 g/mol. The molecule has 0 radical (unpaired) electrons. The molecular weight excluding hydrogens is 296 g/mol. The fraction of sp³-hybridized carbons (Fsp3) is 0.500. The minimum atomic E-state index is -1.36. The van der Waals surface area contributed by atoms with Crippen molar-refractivity contribution in [1.82, 2.24) is 0 Å². The average Bonchev–Trinajstić information content (AvgIpc) is 2.97. The van der Waals surface area contributed by atoms with Gasteiger partial charge in [-0.3, -0.25) is 14.4 Å². The summed E-state index contributed by atoms with van der Waals surface area (Å²) in [7, 11) is 2.51. The molecule has 0 unspecified atom stereocenters. The number of Topliss-reactive ketones (excluding diaryl/α,β-unsaturated/α-hetero) is 1. The minimum Gasteiger partial charge on any atom is -0.468 e. The zero-order chi connectivity index (χ0) is 17.0. The maximum Gasteiger partial charge on any atom is 0.323 e. The molecule has 1 aliphatic carbocycles. The van der Waals surface area contributed by atoms with Crippen molar-refractivity contribution >= 4 is 17.7 Å². The van der Waals surface area contributed by atoms with Gasteiger partial charge in [-0.1, -0.05) is 30.2 Å². The van der Waals surface area contributed by atoms with Crippen LogP contribution >= 0.6 is 0 Å². The Labute approximate surface area is 136 Å². The van der Waals surface area contributed by atoms with Gasteiger partial charge < -0.3 is 9.47 Å². The highest BCUT2D eigenvalue weighted by molar-refractivity contribution is 6.02. The molecule has 1 aromatic rings. The van der Waals surface area contributed by atoms with Crippen molar-refractivity contribution in [3.8, 4) is 0 Å². The number of ether oxygens (including phenoxy) is 2. The molecule has 1 atom stereocenters. The van der Waals surface area contributed by atoms with Gasteiger partial charge in [0.1, 0.15) is 0 Å². The third-order valence-electron chi connectivity index (χ3n) is 4.69. The molecule has 0 heterocycles. The van der Waals surface area contributed by atoms with Crippen molar-refractivity contribution in [3.05, 3.63) is 35.4 Å². The van der Waals surface area contributed by atoms with Crippen LogP contribution in [0.25, 0.3) is 0 Å². The Kier molecular flexibility index (Phi) is 5.19. The lowest BCUT2D eigenvalue weighted by Crippen LogP contribution is -2.44. The summed E-state index contributed by atoms with van der Waals surface area (Å²) in [4.78, 5) is 37.1. The maximum atomic E-state index is 12.6. The van der Waals surface area contributed by atoms with E-state index >= 15 is 0 Å². The molecule has 0 N–H and O–H groups in total. The van der Waals surface area contributed by atoms with Gasteiger partial charge in [0.25, 0.3) is 0 Å². The van der Waals surface area contributed by atoms with E-state index in [2.05, 4.69) is 0 Å². The highest BCUT2D eigenvalue weighted by atomic mass is 16.5. The fourth-order valence-electron chi connectivity index (χ4n) is 3.50. The average molecular weight is 318 g/mol. The summed E-state index contributed by atoms with van der Waals surface area (Å²) in [5.41, 5.74) is 0.234. The Morgan fingerprint density at radius 1 is 1.17 bits per heavy atom. The summed E-state index contributed by atoms with van der Waals surface area (Å²) in [6, 6.07) is 7.31. The molecule has 1 saturated carbocycles. The van der Waals surface area contributed by atoms with Crippen LogP contribution in [-0.2, 0) is 19.1 Å². The number of carbonyl (C=O) groups is 3. The van der Waals surface area contributed by atoms with E-state index < -0.39 is 23.3 Å². The van der Waals surface area contributed by atoms with Crippen LogP contribution in [0.4, 0.5) is 0 Å². The number of ketones is 1. The standard InChI is InChI=1S/C18H22O5/c1-12-6-4-7-13(10-12)15(19)11-14-8-5-9-18(14,16(20)22-2)17(21)23-3/h4,6-7,10,14H,5,8-9,11H2,1-3H3/t14-/m0/s1. The van der Waals surface area contributed by atoms with Gasteiger partial charge in [-0.2, -0.15) is 0 Å². The Balaban J connectivity index is 2.28. The van der Waals surface area contributed by atoms with E-state index in [4.69, 9.17) is 9.47 Å². The van der Waals surface area contributed by atoms with Gasteiger partial charge in [0.15, 0.2) is 11.2 Å². The number of hydrogen-bond acceptors (Lipinski definition) is 5. The van der Waals surface area contributed by atoms with Crippen LogP contribution in [0, 0.1) is 18.3 Å². The van der Waals surface area contributed by atoms with Crippen molar-refractivity contribution in [2.75, 3.05) is 14.2 Å². The molecule has 0 aliphatic heterocycles. The van der Waals surface area contributed by atoms with E-state index in [-0.39, 0.29) is 12.2 Å². The van der Waals surface area contributed by atoms with E-state index in [0.717, 1.165) is 5.56 Å². The van der Waals surface area contributed by atoms with Gasteiger partial charge in [0.2, 0.25) is 0 Å². The largest absolute Gasteiger partial charge is 0.468 e. The van der Waals surface area contributed by atoms with Gasteiger partial charge in [0.05, 0.1) is 14.2 Å². The van der Waals surface area contributed by atoms with Crippen molar-refractivity contribution in [1.29, 1.82) is 0 Å². The summed E-state index contributed by atoms with van der Waals surface area (Å²) in [5, 5.41) is 0. The molecule has 1 fully saturated rings. The van der Waals surface area contributed by atoms with E-state index in [1.54, 1.807) is 6.07 Å². The molecule has 1 aliphatic rings. The van der Waals surface area contributed by atoms with Crippen LogP contribution < -0.4 is 0 Å². The predicted molar refractivity (Wildman–Crippen MR) is 83.9 cm³/mol. The molecular formula is C18H22O5. The first-order valence-electron chi connectivity index (χ1n) is 7.72. The first-order chi connectivity index (χ1) is 11.0. The number of benzene rings is 1. The highest BCUT2D eigenvalue weighted by Gasteiger charge is 2.57. The van der Waals surface area contributed by atoms with Gasteiger partial charge in [0, 0.05) is 12.0 Å². The van der Waals surface area contributed by atoms with Crippen molar-refractivity contribution < 1.29 is 23.9 Å². The van der Waals surface area contributed by atoms with E-state index in [1.807, 2.05) is 25.1 Å². The minimum absolute atomic E-state index is 0.0715. The summed E-state index contributed by atoms with van der Waals surface area (Å²) >= 11 is 0. The molecule has 0 spiro atoms. The van der Waals surface area contributed by atoms with Crippen LogP contribution in [0.15, 0.2) is 24.3 Å². The molecule has 2 rings (SSSR count). The first kappa shape index (κ1) is 17.2. The predicted octanol–water partition coefficient (Wildman–Crippen LogP) is 2.70. The molecule has 124 valence electrons. The highest BCUT2D eigenvalue weighted by Crippen LogP contribution is 2.47. The number of hydrogen-bond donors (Lipinski definition) is 0. The molecule has 5 heteroatoms. The van der Waals surface area contributed by atoms with Crippen LogP contribution in [0.5, 0.6) is 0 Å². The lowest BCUT2D eigenvalue weighted by atomic mass is 9.75. The summed E-state index contributed by atoms with van der Waals surface area (Å²) in [6.07, 6.45) is 1.81. The van der Waals surface area contributed by atoms with Gasteiger partial charge >= 0.3 is 11.9 Å². The molecule has 0 saturated heterocycles. The molecule has 5 nitrogen and oxygen atoms in total. The van der Waals surface area contributed by atoms with Crippen molar-refractivity contribution in [2.45, 2.75) is 32.6 Å². The topological polar surface area (TPSA) is 69.7 Å². The van der Waals surface area contributed by atoms with Crippen LogP contribution in [0.1, 0.15) is 41.6 Å². The second kappa shape index (κ2) is 6.94. The quantitative estimate of drug-likeness (QED) is 0.474. The fourth-order valence-corrected chi connectivity index (χ4v) is 3.50. The lowest BCUT2D eigenvalue weighted by molar-refractivity contribution is -0.172. The maximum absolute atomic E-state index is 12.6. The van der Waals surface area contributed by atoms with Crippen LogP contribution in [0.2, 0.25) is 0 Å². The van der Waals surface area contributed by atoms with Crippen molar-refractivity contribution in [3.63, 3.8) is 0 Å². The Morgan fingerprint density at radius 2 is 1.83 bits per heavy atom. The van der Waals surface area contributed by atoms with Crippen molar-refractivity contribution in [2.24, 2.45) is 11.3 Å². The Hall–Kier alpha value is -2.17. The zero-order valence-corrected chi connectivity index (χ0v) is 13.8. The molecule has 0 aromatic heterocycles. The van der Waals surface area contributed by atoms with Crippen LogP contribution in [-0.4, -0.2) is 31.9 Å². The number of esters is 2. The summed E-state index contributed by atoms with van der Waals surface area (Å²) < 4.78 is 9.69. The van der Waals surface area contributed by atoms with Crippen LogP contribution in [0.3, 0.4) is 0 Å². The smallest absolute Gasteiger partial charge is 0.323 e. The number of rotatable bonds is 5. The van der Waals surface area contributed by atoms with Gasteiger partial charge in [-0.15, -0.1) is 0 Å². The first-order valence-corrected chi connectivity index (χ1v) is 7.72. The van der Waals surface area contributed by atoms with Gasteiger partial charge in [-0.25, -0.2) is 0 Å². The second-order valence-electron chi connectivity index (χ2n) is 6.04. The number of methoxy groups -OCH3 is 2. The third-order valence-corrected chi connectivity index (χ3v) is 4.69. The normalized spacial score (nSPS) is 19.2. The Morgan fingerprint density at radius 3 is 2.39 bits per heavy atom. The Bertz CT molecular complexity index is 604. The van der Waals surface area contributed by atoms with E-state index in [9.17, 15) is 14.4 Å². The molecule has 0 amide bonds. The molecule has 23 heavy (non-hydrogen) atoms. The molecule has 0 bridgehead atoms. The molecule has 1 aromatic carbocycles. The summed E-state index contributed by atoms with van der Waals surface area (Å²) in [5.74, 6) is -1.68. The second-order valence-corrected chi connectivity index (χ2v) is 6.04. The lowest BCUT2D eigenvalue weighted by Gasteiger charge is -2.29.